The largest absolute Gasteiger partial charge is 0.458 e. The fourth-order valence-corrected chi connectivity index (χ4v) is 4.52. The second-order valence-corrected chi connectivity index (χ2v) is 8.45. The normalized spacial score (nSPS) is 22.0. The minimum atomic E-state index is -0.815. The summed E-state index contributed by atoms with van der Waals surface area (Å²) in [6.07, 6.45) is -2.74. The van der Waals surface area contributed by atoms with E-state index in [1.807, 2.05) is 0 Å². The Hall–Kier alpha value is -2.98. The standard InChI is InChI=1S/C24H25BrO9/c1-12(26)30-19-7-5-6-17-16(19)8-9-18(23(17)32-14(3)28)20-10-21(31-13(2)27)24(33-15(4)29)22(11-25)34-20/h5-9,20-22,24H,10-11H2,1-4H3/t20-,21+,22-,24+/m1/s1. The molecule has 0 saturated carbocycles. The van der Waals surface area contributed by atoms with Gasteiger partial charge >= 0.3 is 23.9 Å². The van der Waals surface area contributed by atoms with Gasteiger partial charge in [-0.25, -0.2) is 0 Å². The van der Waals surface area contributed by atoms with E-state index in [0.29, 0.717) is 27.4 Å². The van der Waals surface area contributed by atoms with E-state index in [4.69, 9.17) is 23.7 Å². The molecule has 0 bridgehead atoms. The Morgan fingerprint density at radius 3 is 2.15 bits per heavy atom. The number of fused-ring (bicyclic) bond motifs is 1. The predicted molar refractivity (Wildman–Crippen MR) is 124 cm³/mol. The van der Waals surface area contributed by atoms with Gasteiger partial charge in [0, 0.05) is 55.8 Å². The molecule has 2 aromatic carbocycles. The van der Waals surface area contributed by atoms with E-state index >= 15 is 0 Å². The van der Waals surface area contributed by atoms with Crippen molar-refractivity contribution in [2.75, 3.05) is 5.33 Å². The molecule has 0 aromatic heterocycles. The highest BCUT2D eigenvalue weighted by molar-refractivity contribution is 9.09. The number of benzene rings is 2. The van der Waals surface area contributed by atoms with Gasteiger partial charge in [-0.15, -0.1) is 0 Å². The molecule has 182 valence electrons. The van der Waals surface area contributed by atoms with Crippen LogP contribution in [0.15, 0.2) is 30.3 Å². The summed E-state index contributed by atoms with van der Waals surface area (Å²) in [6.45, 7) is 5.12. The third-order valence-corrected chi connectivity index (χ3v) is 5.78. The zero-order valence-electron chi connectivity index (χ0n) is 19.2. The van der Waals surface area contributed by atoms with Gasteiger partial charge in [0.15, 0.2) is 6.10 Å². The predicted octanol–water partition coefficient (Wildman–Crippen LogP) is 3.78. The van der Waals surface area contributed by atoms with Crippen molar-refractivity contribution in [2.24, 2.45) is 0 Å². The smallest absolute Gasteiger partial charge is 0.308 e. The van der Waals surface area contributed by atoms with E-state index in [2.05, 4.69) is 15.9 Å². The summed E-state index contributed by atoms with van der Waals surface area (Å²) >= 11 is 3.38. The summed E-state index contributed by atoms with van der Waals surface area (Å²) in [5, 5.41) is 1.41. The van der Waals surface area contributed by atoms with Crippen molar-refractivity contribution in [1.82, 2.24) is 0 Å². The van der Waals surface area contributed by atoms with Crippen molar-refractivity contribution < 1.29 is 42.9 Å². The van der Waals surface area contributed by atoms with E-state index in [-0.39, 0.29) is 12.2 Å². The summed E-state index contributed by atoms with van der Waals surface area (Å²) < 4.78 is 28.0. The van der Waals surface area contributed by atoms with Gasteiger partial charge in [-0.05, 0) is 12.1 Å². The Labute approximate surface area is 204 Å². The van der Waals surface area contributed by atoms with Crippen LogP contribution in [-0.2, 0) is 33.4 Å². The molecule has 1 saturated heterocycles. The quantitative estimate of drug-likeness (QED) is 0.309. The van der Waals surface area contributed by atoms with E-state index in [1.165, 1.54) is 27.7 Å². The third kappa shape index (κ3) is 5.92. The maximum atomic E-state index is 12.0. The van der Waals surface area contributed by atoms with Crippen molar-refractivity contribution in [3.8, 4) is 11.5 Å². The van der Waals surface area contributed by atoms with Gasteiger partial charge in [0.1, 0.15) is 23.7 Å². The summed E-state index contributed by atoms with van der Waals surface area (Å²) in [4.78, 5) is 46.9. The van der Waals surface area contributed by atoms with Gasteiger partial charge in [-0.3, -0.25) is 19.2 Å². The molecule has 1 aliphatic heterocycles. The molecule has 0 N–H and O–H groups in total. The molecule has 2 aromatic rings. The van der Waals surface area contributed by atoms with E-state index in [0.717, 1.165) is 0 Å². The molecule has 0 radical (unpaired) electrons. The fraction of sp³-hybridized carbons (Fsp3) is 0.417. The van der Waals surface area contributed by atoms with Crippen LogP contribution in [0, 0.1) is 0 Å². The lowest BCUT2D eigenvalue weighted by atomic mass is 9.92. The number of esters is 4. The number of halogens is 1. The van der Waals surface area contributed by atoms with Crippen LogP contribution in [0.2, 0.25) is 0 Å². The highest BCUT2D eigenvalue weighted by Crippen LogP contribution is 2.43. The number of hydrogen-bond donors (Lipinski definition) is 0. The lowest BCUT2D eigenvalue weighted by molar-refractivity contribution is -0.203. The molecule has 1 heterocycles. The van der Waals surface area contributed by atoms with Crippen molar-refractivity contribution in [2.45, 2.75) is 58.5 Å². The van der Waals surface area contributed by atoms with Crippen molar-refractivity contribution >= 4 is 50.6 Å². The molecule has 34 heavy (non-hydrogen) atoms. The Morgan fingerprint density at radius 2 is 1.56 bits per heavy atom. The highest BCUT2D eigenvalue weighted by atomic mass is 79.9. The van der Waals surface area contributed by atoms with Gasteiger partial charge in [0.05, 0.1) is 6.10 Å². The van der Waals surface area contributed by atoms with Crippen LogP contribution in [0.3, 0.4) is 0 Å². The van der Waals surface area contributed by atoms with Gasteiger partial charge in [-0.1, -0.05) is 34.1 Å². The molecule has 9 nitrogen and oxygen atoms in total. The average Bonchev–Trinajstić information content (AvgIpc) is 2.74. The molecule has 0 spiro atoms. The minimum Gasteiger partial charge on any atom is -0.458 e. The zero-order valence-corrected chi connectivity index (χ0v) is 20.7. The van der Waals surface area contributed by atoms with Crippen LogP contribution in [-0.4, -0.2) is 47.5 Å². The molecule has 3 rings (SSSR count). The monoisotopic (exact) mass is 536 g/mol. The van der Waals surface area contributed by atoms with Crippen molar-refractivity contribution in [1.29, 1.82) is 0 Å². The molecule has 4 atom stereocenters. The van der Waals surface area contributed by atoms with Gasteiger partial charge in [-0.2, -0.15) is 0 Å². The summed E-state index contributed by atoms with van der Waals surface area (Å²) in [7, 11) is 0. The molecule has 0 unspecified atom stereocenters. The first kappa shape index (κ1) is 25.6. The van der Waals surface area contributed by atoms with Crippen molar-refractivity contribution in [3.05, 3.63) is 35.9 Å². The number of carbonyl (C=O) groups is 4. The van der Waals surface area contributed by atoms with E-state index in [9.17, 15) is 19.2 Å². The number of alkyl halides is 1. The topological polar surface area (TPSA) is 114 Å². The number of rotatable bonds is 6. The molecule has 1 aliphatic rings. The highest BCUT2D eigenvalue weighted by Gasteiger charge is 2.44. The first-order valence-electron chi connectivity index (χ1n) is 10.6. The van der Waals surface area contributed by atoms with Crippen LogP contribution in [0.4, 0.5) is 0 Å². The van der Waals surface area contributed by atoms with Crippen LogP contribution in [0.5, 0.6) is 11.5 Å². The molecule has 1 fully saturated rings. The van der Waals surface area contributed by atoms with E-state index < -0.39 is 48.3 Å². The van der Waals surface area contributed by atoms with Crippen LogP contribution in [0.25, 0.3) is 10.8 Å². The second kappa shape index (κ2) is 11.0. The SMILES string of the molecule is CC(=O)Oc1cccc2c(OC(C)=O)c([C@H]3C[C@H](OC(C)=O)[C@H](OC(C)=O)[C@@H](CBr)O3)ccc12. The summed E-state index contributed by atoms with van der Waals surface area (Å²) in [6, 6.07) is 8.50. The van der Waals surface area contributed by atoms with Crippen LogP contribution < -0.4 is 9.47 Å². The Morgan fingerprint density at radius 1 is 0.882 bits per heavy atom. The number of hydrogen-bond acceptors (Lipinski definition) is 9. The molecule has 10 heteroatoms. The summed E-state index contributed by atoms with van der Waals surface area (Å²) in [5.74, 6) is -1.53. The van der Waals surface area contributed by atoms with Gasteiger partial charge in [0.25, 0.3) is 0 Å². The number of ether oxygens (including phenoxy) is 5. The summed E-state index contributed by atoms with van der Waals surface area (Å²) in [5.41, 5.74) is 0.534. The Bertz CT molecular complexity index is 1110. The maximum absolute atomic E-state index is 12.0. The Balaban J connectivity index is 2.10. The van der Waals surface area contributed by atoms with Crippen molar-refractivity contribution in [3.63, 3.8) is 0 Å². The number of carbonyl (C=O) groups excluding carboxylic acids is 4. The second-order valence-electron chi connectivity index (χ2n) is 7.80. The molecule has 0 amide bonds. The molecular formula is C24H25BrO9. The first-order valence-corrected chi connectivity index (χ1v) is 11.7. The molecular weight excluding hydrogens is 512 g/mol. The average molecular weight is 537 g/mol. The zero-order chi connectivity index (χ0) is 25.0. The van der Waals surface area contributed by atoms with Gasteiger partial charge in [0.2, 0.25) is 0 Å². The Kier molecular flexibility index (Phi) is 8.27. The van der Waals surface area contributed by atoms with Crippen LogP contribution in [0.1, 0.15) is 45.8 Å². The third-order valence-electron chi connectivity index (χ3n) is 5.14. The van der Waals surface area contributed by atoms with Gasteiger partial charge < -0.3 is 23.7 Å². The minimum absolute atomic E-state index is 0.157. The van der Waals surface area contributed by atoms with E-state index in [1.54, 1.807) is 30.3 Å². The van der Waals surface area contributed by atoms with Crippen LogP contribution >= 0.6 is 15.9 Å². The lowest BCUT2D eigenvalue weighted by Crippen LogP contribution is -2.50. The fourth-order valence-electron chi connectivity index (χ4n) is 4.00. The molecule has 0 aliphatic carbocycles. The first-order chi connectivity index (χ1) is 16.1. The maximum Gasteiger partial charge on any atom is 0.308 e. The lowest BCUT2D eigenvalue weighted by Gasteiger charge is -2.40.